The van der Waals surface area contributed by atoms with Crippen molar-refractivity contribution in [3.05, 3.63) is 36.3 Å². The van der Waals surface area contributed by atoms with Gasteiger partial charge in [0.1, 0.15) is 6.10 Å². The van der Waals surface area contributed by atoms with Crippen LogP contribution in [0.15, 0.2) is 30.5 Å². The lowest BCUT2D eigenvalue weighted by molar-refractivity contribution is 0.0552. The summed E-state index contributed by atoms with van der Waals surface area (Å²) in [6, 6.07) is 7.77. The molecule has 0 aliphatic carbocycles. The van der Waals surface area contributed by atoms with Crippen molar-refractivity contribution in [2.45, 2.75) is 26.9 Å². The Hall–Kier alpha value is -1.48. The van der Waals surface area contributed by atoms with E-state index in [-0.39, 0.29) is 5.41 Å². The molecular weight excluding hydrogens is 200 g/mol. The Morgan fingerprint density at radius 1 is 1.19 bits per heavy atom. The Morgan fingerprint density at radius 2 is 1.88 bits per heavy atom. The highest BCUT2D eigenvalue weighted by Crippen LogP contribution is 2.30. The Kier molecular flexibility index (Phi) is 2.64. The van der Waals surface area contributed by atoms with E-state index in [0.717, 1.165) is 10.9 Å². The highest BCUT2D eigenvalue weighted by Gasteiger charge is 2.26. The Labute approximate surface area is 95.2 Å². The summed E-state index contributed by atoms with van der Waals surface area (Å²) in [5.74, 6) is 0.492. The fourth-order valence-electron chi connectivity index (χ4n) is 1.51. The summed E-state index contributed by atoms with van der Waals surface area (Å²) in [6.07, 6.45) is 1.12. The average molecular weight is 216 g/mol. The first-order chi connectivity index (χ1) is 7.48. The van der Waals surface area contributed by atoms with Crippen molar-refractivity contribution in [1.29, 1.82) is 0 Å². The number of hydrogen-bond donors (Lipinski definition) is 1. The van der Waals surface area contributed by atoms with Crippen molar-refractivity contribution in [2.75, 3.05) is 0 Å². The molecule has 0 fully saturated rings. The second-order valence-corrected chi connectivity index (χ2v) is 5.06. The predicted octanol–water partition coefficient (Wildman–Crippen LogP) is 2.71. The zero-order valence-electron chi connectivity index (χ0n) is 9.81. The minimum absolute atomic E-state index is 0.248. The van der Waals surface area contributed by atoms with Gasteiger partial charge in [0.2, 0.25) is 0 Å². The molecule has 16 heavy (non-hydrogen) atoms. The van der Waals surface area contributed by atoms with Gasteiger partial charge in [0.15, 0.2) is 5.82 Å². The summed E-state index contributed by atoms with van der Waals surface area (Å²) >= 11 is 0. The van der Waals surface area contributed by atoms with Crippen LogP contribution in [-0.2, 0) is 0 Å². The monoisotopic (exact) mass is 216 g/mol. The lowest BCUT2D eigenvalue weighted by Gasteiger charge is -2.24. The van der Waals surface area contributed by atoms with Crippen LogP contribution in [0.25, 0.3) is 10.9 Å². The predicted molar refractivity (Wildman–Crippen MR) is 64.0 cm³/mol. The summed E-state index contributed by atoms with van der Waals surface area (Å²) in [6.45, 7) is 5.91. The van der Waals surface area contributed by atoms with E-state index in [0.29, 0.717) is 5.82 Å². The van der Waals surface area contributed by atoms with Crippen LogP contribution in [0.3, 0.4) is 0 Å². The summed E-state index contributed by atoms with van der Waals surface area (Å²) in [4.78, 5) is 8.59. The molecule has 0 unspecified atom stereocenters. The highest BCUT2D eigenvalue weighted by atomic mass is 16.3. The molecule has 0 amide bonds. The Balaban J connectivity index is 2.47. The highest BCUT2D eigenvalue weighted by molar-refractivity contribution is 5.77. The Morgan fingerprint density at radius 3 is 2.56 bits per heavy atom. The molecule has 1 atom stereocenters. The number of aromatic nitrogens is 2. The fraction of sp³-hybridized carbons (Fsp3) is 0.385. The molecule has 84 valence electrons. The minimum Gasteiger partial charge on any atom is -0.385 e. The topological polar surface area (TPSA) is 46.0 Å². The van der Waals surface area contributed by atoms with Crippen LogP contribution in [0.1, 0.15) is 32.7 Å². The van der Waals surface area contributed by atoms with Crippen LogP contribution in [0.2, 0.25) is 0 Å². The third kappa shape index (κ3) is 2.04. The molecular formula is C13H16N2O. The second-order valence-electron chi connectivity index (χ2n) is 5.06. The molecule has 0 radical (unpaired) electrons. The van der Waals surface area contributed by atoms with Gasteiger partial charge in [-0.15, -0.1) is 0 Å². The maximum atomic E-state index is 10.1. The van der Waals surface area contributed by atoms with Crippen LogP contribution in [0, 0.1) is 5.41 Å². The lowest BCUT2D eigenvalue weighted by atomic mass is 9.88. The first kappa shape index (κ1) is 11.0. The maximum absolute atomic E-state index is 10.1. The quantitative estimate of drug-likeness (QED) is 0.797. The molecule has 0 bridgehead atoms. The van der Waals surface area contributed by atoms with E-state index < -0.39 is 6.10 Å². The molecule has 0 spiro atoms. The van der Waals surface area contributed by atoms with E-state index >= 15 is 0 Å². The van der Waals surface area contributed by atoms with Crippen molar-refractivity contribution in [2.24, 2.45) is 5.41 Å². The standard InChI is InChI=1S/C13H16N2O/c1-13(2,3)11(16)12-14-8-9-6-4-5-7-10(9)15-12/h4-8,11,16H,1-3H3/t11-/m1/s1. The first-order valence-corrected chi connectivity index (χ1v) is 5.38. The molecule has 0 aliphatic rings. The largest absolute Gasteiger partial charge is 0.385 e. The molecule has 0 aliphatic heterocycles. The van der Waals surface area contributed by atoms with Crippen molar-refractivity contribution in [3.8, 4) is 0 Å². The number of benzene rings is 1. The summed E-state index contributed by atoms with van der Waals surface area (Å²) in [5, 5.41) is 11.1. The van der Waals surface area contributed by atoms with Crippen molar-refractivity contribution >= 4 is 10.9 Å². The third-order valence-corrected chi connectivity index (χ3v) is 2.57. The van der Waals surface area contributed by atoms with Gasteiger partial charge in [0, 0.05) is 11.6 Å². The van der Waals surface area contributed by atoms with E-state index in [9.17, 15) is 5.11 Å². The average Bonchev–Trinajstić information content (AvgIpc) is 2.26. The van der Waals surface area contributed by atoms with Crippen LogP contribution in [-0.4, -0.2) is 15.1 Å². The number of para-hydroxylation sites is 1. The van der Waals surface area contributed by atoms with Gasteiger partial charge in [-0.2, -0.15) is 0 Å². The molecule has 1 aromatic carbocycles. The number of nitrogens with zero attached hydrogens (tertiary/aromatic N) is 2. The molecule has 1 heterocycles. The molecule has 3 nitrogen and oxygen atoms in total. The number of aliphatic hydroxyl groups is 1. The summed E-state index contributed by atoms with van der Waals surface area (Å²) < 4.78 is 0. The summed E-state index contributed by atoms with van der Waals surface area (Å²) in [7, 11) is 0. The van der Waals surface area contributed by atoms with E-state index in [1.807, 2.05) is 45.0 Å². The van der Waals surface area contributed by atoms with Crippen LogP contribution >= 0.6 is 0 Å². The van der Waals surface area contributed by atoms with Gasteiger partial charge in [-0.3, -0.25) is 0 Å². The fourth-order valence-corrected chi connectivity index (χ4v) is 1.51. The maximum Gasteiger partial charge on any atom is 0.158 e. The SMILES string of the molecule is CC(C)(C)[C@H](O)c1ncc2ccccc2n1. The molecule has 0 saturated carbocycles. The van der Waals surface area contributed by atoms with Gasteiger partial charge >= 0.3 is 0 Å². The summed E-state index contributed by atoms with van der Waals surface area (Å²) in [5.41, 5.74) is 0.624. The molecule has 2 rings (SSSR count). The molecule has 0 saturated heterocycles. The Bertz CT molecular complexity index is 503. The van der Waals surface area contributed by atoms with E-state index in [1.165, 1.54) is 0 Å². The van der Waals surface area contributed by atoms with Crippen molar-refractivity contribution in [3.63, 3.8) is 0 Å². The lowest BCUT2D eigenvalue weighted by Crippen LogP contribution is -2.20. The van der Waals surface area contributed by atoms with Gasteiger partial charge < -0.3 is 5.11 Å². The van der Waals surface area contributed by atoms with E-state index in [4.69, 9.17) is 0 Å². The number of hydrogen-bond acceptors (Lipinski definition) is 3. The van der Waals surface area contributed by atoms with Crippen LogP contribution in [0.5, 0.6) is 0 Å². The van der Waals surface area contributed by atoms with Crippen LogP contribution in [0.4, 0.5) is 0 Å². The minimum atomic E-state index is -0.642. The van der Waals surface area contributed by atoms with Gasteiger partial charge in [0.25, 0.3) is 0 Å². The van der Waals surface area contributed by atoms with Gasteiger partial charge in [-0.1, -0.05) is 39.0 Å². The smallest absolute Gasteiger partial charge is 0.158 e. The van der Waals surface area contributed by atoms with Gasteiger partial charge in [0.05, 0.1) is 5.52 Å². The number of fused-ring (bicyclic) bond motifs is 1. The molecule has 1 N–H and O–H groups in total. The second kappa shape index (κ2) is 3.83. The molecule has 1 aromatic heterocycles. The van der Waals surface area contributed by atoms with Gasteiger partial charge in [-0.05, 0) is 11.5 Å². The van der Waals surface area contributed by atoms with Crippen molar-refractivity contribution < 1.29 is 5.11 Å². The molecule has 2 aromatic rings. The molecule has 3 heteroatoms. The van der Waals surface area contributed by atoms with Gasteiger partial charge in [-0.25, -0.2) is 9.97 Å². The van der Waals surface area contributed by atoms with E-state index in [2.05, 4.69) is 9.97 Å². The number of rotatable bonds is 1. The van der Waals surface area contributed by atoms with Crippen molar-refractivity contribution in [1.82, 2.24) is 9.97 Å². The zero-order valence-corrected chi connectivity index (χ0v) is 9.81. The normalized spacial score (nSPS) is 14.0. The van der Waals surface area contributed by atoms with Crippen LogP contribution < -0.4 is 0 Å². The number of aliphatic hydroxyl groups excluding tert-OH is 1. The first-order valence-electron chi connectivity index (χ1n) is 5.38. The third-order valence-electron chi connectivity index (χ3n) is 2.57. The van der Waals surface area contributed by atoms with E-state index in [1.54, 1.807) is 6.20 Å². The zero-order chi connectivity index (χ0) is 11.8.